The molecule has 0 bridgehead atoms. The normalized spacial score (nSPS) is 17.0. The summed E-state index contributed by atoms with van der Waals surface area (Å²) in [6.45, 7) is 3.31. The first-order chi connectivity index (χ1) is 9.27. The highest BCUT2D eigenvalue weighted by Crippen LogP contribution is 2.34. The summed E-state index contributed by atoms with van der Waals surface area (Å²) in [5.41, 5.74) is 8.76. The Hall–Kier alpha value is -1.06. The van der Waals surface area contributed by atoms with Crippen molar-refractivity contribution in [3.8, 4) is 0 Å². The van der Waals surface area contributed by atoms with Crippen LogP contribution in [0.15, 0.2) is 24.3 Å². The van der Waals surface area contributed by atoms with Crippen molar-refractivity contribution in [1.82, 2.24) is 0 Å². The number of hydrogen-bond acceptors (Lipinski definition) is 3. The van der Waals surface area contributed by atoms with Crippen molar-refractivity contribution < 1.29 is 5.11 Å². The maximum absolute atomic E-state index is 9.11. The minimum atomic E-state index is 0.105. The van der Waals surface area contributed by atoms with E-state index >= 15 is 0 Å². The predicted octanol–water partition coefficient (Wildman–Crippen LogP) is 2.84. The average Bonchev–Trinajstić information content (AvgIpc) is 2.40. The molecule has 0 aliphatic heterocycles. The minimum Gasteiger partial charge on any atom is -0.396 e. The summed E-state index contributed by atoms with van der Waals surface area (Å²) < 4.78 is 0. The van der Waals surface area contributed by atoms with Gasteiger partial charge in [-0.1, -0.05) is 25.1 Å². The van der Waals surface area contributed by atoms with Gasteiger partial charge in [0.15, 0.2) is 0 Å². The third-order valence-corrected chi connectivity index (χ3v) is 4.16. The molecule has 1 atom stereocenters. The number of benzene rings is 1. The Morgan fingerprint density at radius 2 is 2.11 bits per heavy atom. The Kier molecular flexibility index (Phi) is 5.23. The van der Waals surface area contributed by atoms with Crippen LogP contribution in [-0.2, 0) is 0 Å². The summed E-state index contributed by atoms with van der Waals surface area (Å²) in [5.74, 6) is 0. The molecule has 1 aromatic carbocycles. The molecule has 1 aliphatic rings. The molecule has 2 rings (SSSR count). The van der Waals surface area contributed by atoms with Gasteiger partial charge in [0.2, 0.25) is 0 Å². The minimum absolute atomic E-state index is 0.105. The lowest BCUT2D eigenvalue weighted by Crippen LogP contribution is -2.42. The zero-order chi connectivity index (χ0) is 13.7. The average molecular weight is 262 g/mol. The fourth-order valence-electron chi connectivity index (χ4n) is 2.72. The highest BCUT2D eigenvalue weighted by Gasteiger charge is 2.26. The van der Waals surface area contributed by atoms with E-state index in [-0.39, 0.29) is 12.6 Å². The number of aliphatic hydroxyl groups excluding tert-OH is 1. The van der Waals surface area contributed by atoms with Crippen LogP contribution in [0.1, 0.15) is 50.6 Å². The summed E-state index contributed by atoms with van der Waals surface area (Å²) in [5, 5.41) is 9.11. The zero-order valence-corrected chi connectivity index (χ0v) is 11.9. The fraction of sp³-hybridized carbons (Fsp3) is 0.625. The second-order valence-corrected chi connectivity index (χ2v) is 5.43. The van der Waals surface area contributed by atoms with Gasteiger partial charge in [0.25, 0.3) is 0 Å². The van der Waals surface area contributed by atoms with Gasteiger partial charge in [-0.15, -0.1) is 0 Å². The number of aliphatic hydroxyl groups is 1. The van der Waals surface area contributed by atoms with Crippen LogP contribution >= 0.6 is 0 Å². The molecule has 0 heterocycles. The molecule has 106 valence electrons. The first kappa shape index (κ1) is 14.4. The van der Waals surface area contributed by atoms with Crippen LogP contribution in [0.25, 0.3) is 0 Å². The lowest BCUT2D eigenvalue weighted by atomic mass is 9.89. The monoisotopic (exact) mass is 262 g/mol. The molecule has 1 aliphatic carbocycles. The fourth-order valence-corrected chi connectivity index (χ4v) is 2.72. The molecule has 3 nitrogen and oxygen atoms in total. The van der Waals surface area contributed by atoms with Gasteiger partial charge < -0.3 is 15.7 Å². The number of nitrogens with zero attached hydrogens (tertiary/aromatic N) is 1. The van der Waals surface area contributed by atoms with Crippen molar-refractivity contribution in [2.45, 2.75) is 51.1 Å². The third-order valence-electron chi connectivity index (χ3n) is 4.16. The van der Waals surface area contributed by atoms with Crippen LogP contribution in [-0.4, -0.2) is 24.3 Å². The van der Waals surface area contributed by atoms with E-state index in [0.717, 1.165) is 19.4 Å². The van der Waals surface area contributed by atoms with Crippen molar-refractivity contribution >= 4 is 5.69 Å². The van der Waals surface area contributed by atoms with Crippen LogP contribution in [0, 0.1) is 0 Å². The van der Waals surface area contributed by atoms with Gasteiger partial charge in [-0.05, 0) is 43.7 Å². The molecule has 0 spiro atoms. The Labute approximate surface area is 116 Å². The van der Waals surface area contributed by atoms with Crippen LogP contribution in [0.4, 0.5) is 5.69 Å². The van der Waals surface area contributed by atoms with E-state index in [1.54, 1.807) is 0 Å². The number of hydrogen-bond donors (Lipinski definition) is 2. The Balaban J connectivity index is 2.24. The molecule has 1 unspecified atom stereocenters. The third kappa shape index (κ3) is 3.28. The lowest BCUT2D eigenvalue weighted by molar-refractivity contribution is 0.283. The summed E-state index contributed by atoms with van der Waals surface area (Å²) >= 11 is 0. The molecule has 0 saturated heterocycles. The molecule has 0 amide bonds. The van der Waals surface area contributed by atoms with Crippen LogP contribution < -0.4 is 10.6 Å². The molecule has 3 heteroatoms. The number of anilines is 1. The smallest absolute Gasteiger partial charge is 0.0447 e. The van der Waals surface area contributed by atoms with Gasteiger partial charge in [0.1, 0.15) is 0 Å². The number of nitrogens with two attached hydrogens (primary N) is 1. The van der Waals surface area contributed by atoms with Gasteiger partial charge in [0.05, 0.1) is 0 Å². The van der Waals surface area contributed by atoms with Gasteiger partial charge in [-0.2, -0.15) is 0 Å². The second-order valence-electron chi connectivity index (χ2n) is 5.43. The van der Waals surface area contributed by atoms with Crippen molar-refractivity contribution in [2.24, 2.45) is 5.73 Å². The van der Waals surface area contributed by atoms with E-state index in [0.29, 0.717) is 6.04 Å². The van der Waals surface area contributed by atoms with Gasteiger partial charge >= 0.3 is 0 Å². The molecule has 3 N–H and O–H groups in total. The maximum atomic E-state index is 9.11. The summed E-state index contributed by atoms with van der Waals surface area (Å²) in [7, 11) is 0. The molecule has 1 aromatic rings. The van der Waals surface area contributed by atoms with E-state index in [1.807, 2.05) is 0 Å². The van der Waals surface area contributed by atoms with Gasteiger partial charge in [0, 0.05) is 30.9 Å². The lowest BCUT2D eigenvalue weighted by Gasteiger charge is -2.40. The first-order valence-corrected chi connectivity index (χ1v) is 7.50. The SMILES string of the molecule is CCC(N)c1ccccc1N(CCCO)C1CCC1. The molecular weight excluding hydrogens is 236 g/mol. The van der Waals surface area contributed by atoms with Crippen molar-refractivity contribution in [1.29, 1.82) is 0 Å². The first-order valence-electron chi connectivity index (χ1n) is 7.50. The van der Waals surface area contributed by atoms with Crippen LogP contribution in [0.5, 0.6) is 0 Å². The van der Waals surface area contributed by atoms with Crippen molar-refractivity contribution in [3.63, 3.8) is 0 Å². The standard InChI is InChI=1S/C16H26N2O/c1-2-15(17)14-9-3-4-10-16(14)18(11-6-12-19)13-7-5-8-13/h3-4,9-10,13,15,19H,2,5-8,11-12,17H2,1H3. The largest absolute Gasteiger partial charge is 0.396 e. The molecule has 1 saturated carbocycles. The molecular formula is C16H26N2O. The maximum Gasteiger partial charge on any atom is 0.0447 e. The van der Waals surface area contributed by atoms with Crippen molar-refractivity contribution in [2.75, 3.05) is 18.1 Å². The Morgan fingerprint density at radius 3 is 2.68 bits per heavy atom. The summed E-state index contributed by atoms with van der Waals surface area (Å²) in [6.07, 6.45) is 5.63. The zero-order valence-electron chi connectivity index (χ0n) is 11.9. The Morgan fingerprint density at radius 1 is 1.37 bits per heavy atom. The summed E-state index contributed by atoms with van der Waals surface area (Å²) in [6, 6.07) is 9.23. The molecule has 0 aromatic heterocycles. The second kappa shape index (κ2) is 6.92. The molecule has 19 heavy (non-hydrogen) atoms. The van der Waals surface area contributed by atoms with Gasteiger partial charge in [-0.3, -0.25) is 0 Å². The Bertz CT molecular complexity index is 390. The summed E-state index contributed by atoms with van der Waals surface area (Å²) in [4.78, 5) is 2.46. The van der Waals surface area contributed by atoms with E-state index in [9.17, 15) is 0 Å². The number of rotatable bonds is 7. The number of para-hydroxylation sites is 1. The molecule has 0 radical (unpaired) electrons. The topological polar surface area (TPSA) is 49.5 Å². The van der Waals surface area contributed by atoms with E-state index < -0.39 is 0 Å². The highest BCUT2D eigenvalue weighted by atomic mass is 16.3. The van der Waals surface area contributed by atoms with Crippen molar-refractivity contribution in [3.05, 3.63) is 29.8 Å². The van der Waals surface area contributed by atoms with Gasteiger partial charge in [-0.25, -0.2) is 0 Å². The highest BCUT2D eigenvalue weighted by molar-refractivity contribution is 5.56. The van der Waals surface area contributed by atoms with E-state index in [1.165, 1.54) is 30.5 Å². The molecule has 1 fully saturated rings. The van der Waals surface area contributed by atoms with Crippen LogP contribution in [0.2, 0.25) is 0 Å². The van der Waals surface area contributed by atoms with Crippen LogP contribution in [0.3, 0.4) is 0 Å². The predicted molar refractivity (Wildman–Crippen MR) is 80.3 cm³/mol. The quantitative estimate of drug-likeness (QED) is 0.794. The van der Waals surface area contributed by atoms with E-state index in [4.69, 9.17) is 10.8 Å². The van der Waals surface area contributed by atoms with E-state index in [2.05, 4.69) is 36.1 Å².